The largest absolute Gasteiger partial charge is 0.508 e. The quantitative estimate of drug-likeness (QED) is 0.773. The van der Waals surface area contributed by atoms with Crippen LogP contribution in [-0.2, 0) is 4.79 Å². The van der Waals surface area contributed by atoms with Crippen LogP contribution in [0.3, 0.4) is 0 Å². The van der Waals surface area contributed by atoms with Crippen molar-refractivity contribution in [1.82, 2.24) is 0 Å². The number of aromatic hydroxyl groups is 1. The molecule has 14 heavy (non-hydrogen) atoms. The molecule has 0 heterocycles. The molecule has 0 atom stereocenters. The molecule has 1 aromatic carbocycles. The summed E-state index contributed by atoms with van der Waals surface area (Å²) in [5.41, 5.74) is 0.833. The Morgan fingerprint density at radius 3 is 2.43 bits per heavy atom. The van der Waals surface area contributed by atoms with Crippen LogP contribution in [0.15, 0.2) is 24.3 Å². The number of anilines is 1. The molecule has 1 aliphatic carbocycles. The van der Waals surface area contributed by atoms with Gasteiger partial charge in [0.15, 0.2) is 0 Å². The van der Waals surface area contributed by atoms with Crippen molar-refractivity contribution in [3.63, 3.8) is 0 Å². The molecule has 0 spiro atoms. The van der Waals surface area contributed by atoms with Crippen molar-refractivity contribution in [2.75, 3.05) is 11.9 Å². The summed E-state index contributed by atoms with van der Waals surface area (Å²) < 4.78 is 0. The summed E-state index contributed by atoms with van der Waals surface area (Å²) in [6, 6.07) is 6.67. The van der Waals surface area contributed by atoms with E-state index in [1.54, 1.807) is 36.2 Å². The Labute approximate surface area is 83.0 Å². The first-order chi connectivity index (χ1) is 6.68. The van der Waals surface area contributed by atoms with Crippen LogP contribution in [0.4, 0.5) is 5.69 Å². The van der Waals surface area contributed by atoms with Crippen LogP contribution >= 0.6 is 0 Å². The highest BCUT2D eigenvalue weighted by atomic mass is 16.3. The lowest BCUT2D eigenvalue weighted by Crippen LogP contribution is -2.27. The lowest BCUT2D eigenvalue weighted by molar-refractivity contribution is -0.119. The normalized spacial score (nSPS) is 15.2. The average Bonchev–Trinajstić information content (AvgIpc) is 3.00. The van der Waals surface area contributed by atoms with Crippen molar-refractivity contribution < 1.29 is 9.90 Å². The molecule has 1 amide bonds. The lowest BCUT2D eigenvalue weighted by atomic mass is 10.2. The second kappa shape index (κ2) is 3.33. The van der Waals surface area contributed by atoms with E-state index in [9.17, 15) is 4.79 Å². The molecular weight excluding hydrogens is 178 g/mol. The molecule has 2 rings (SSSR count). The summed E-state index contributed by atoms with van der Waals surface area (Å²) in [6.45, 7) is 0. The number of benzene rings is 1. The van der Waals surface area contributed by atoms with Gasteiger partial charge in [-0.05, 0) is 37.1 Å². The van der Waals surface area contributed by atoms with E-state index in [0.717, 1.165) is 18.5 Å². The monoisotopic (exact) mass is 191 g/mol. The van der Waals surface area contributed by atoms with E-state index >= 15 is 0 Å². The topological polar surface area (TPSA) is 40.5 Å². The van der Waals surface area contributed by atoms with Gasteiger partial charge in [0.1, 0.15) is 5.75 Å². The first-order valence-electron chi connectivity index (χ1n) is 4.75. The van der Waals surface area contributed by atoms with Gasteiger partial charge in [-0.25, -0.2) is 0 Å². The molecule has 1 fully saturated rings. The molecule has 0 saturated heterocycles. The van der Waals surface area contributed by atoms with Gasteiger partial charge in [-0.1, -0.05) is 0 Å². The molecule has 0 bridgehead atoms. The number of carbonyl (C=O) groups is 1. The van der Waals surface area contributed by atoms with Crippen molar-refractivity contribution in [2.45, 2.75) is 12.8 Å². The van der Waals surface area contributed by atoms with Crippen LogP contribution in [0.2, 0.25) is 0 Å². The number of rotatable bonds is 2. The Balaban J connectivity index is 2.13. The fourth-order valence-electron chi connectivity index (χ4n) is 1.41. The SMILES string of the molecule is CN(C(=O)C1CC1)c1ccc(O)cc1. The van der Waals surface area contributed by atoms with Gasteiger partial charge in [-0.3, -0.25) is 4.79 Å². The van der Waals surface area contributed by atoms with Crippen LogP contribution in [0.1, 0.15) is 12.8 Å². The minimum atomic E-state index is 0.177. The maximum atomic E-state index is 11.7. The molecule has 0 radical (unpaired) electrons. The van der Waals surface area contributed by atoms with Crippen molar-refractivity contribution in [2.24, 2.45) is 5.92 Å². The van der Waals surface area contributed by atoms with Gasteiger partial charge in [-0.2, -0.15) is 0 Å². The summed E-state index contributed by atoms with van der Waals surface area (Å²) in [6.07, 6.45) is 2.03. The molecule has 3 heteroatoms. The number of phenols is 1. The number of amides is 1. The highest BCUT2D eigenvalue weighted by Gasteiger charge is 2.32. The second-order valence-corrected chi connectivity index (χ2v) is 3.69. The third-order valence-electron chi connectivity index (χ3n) is 2.49. The lowest BCUT2D eigenvalue weighted by Gasteiger charge is -2.16. The molecule has 0 unspecified atom stereocenters. The number of hydrogen-bond acceptors (Lipinski definition) is 2. The van der Waals surface area contributed by atoms with E-state index in [1.165, 1.54) is 0 Å². The summed E-state index contributed by atoms with van der Waals surface area (Å²) in [5, 5.41) is 9.10. The van der Waals surface area contributed by atoms with Crippen molar-refractivity contribution in [3.05, 3.63) is 24.3 Å². The molecule has 0 aliphatic heterocycles. The van der Waals surface area contributed by atoms with Gasteiger partial charge >= 0.3 is 0 Å². The van der Waals surface area contributed by atoms with Crippen molar-refractivity contribution >= 4 is 11.6 Å². The third-order valence-corrected chi connectivity index (χ3v) is 2.49. The number of hydrogen-bond donors (Lipinski definition) is 1. The van der Waals surface area contributed by atoms with E-state index in [-0.39, 0.29) is 17.6 Å². The van der Waals surface area contributed by atoms with Crippen LogP contribution in [-0.4, -0.2) is 18.1 Å². The standard InChI is InChI=1S/C11H13NO2/c1-12(11(14)8-2-3-8)9-4-6-10(13)7-5-9/h4-8,13H,2-3H2,1H3. The number of carbonyl (C=O) groups excluding carboxylic acids is 1. The Kier molecular flexibility index (Phi) is 2.15. The van der Waals surface area contributed by atoms with Gasteiger partial charge in [0, 0.05) is 18.7 Å². The van der Waals surface area contributed by atoms with Gasteiger partial charge < -0.3 is 10.0 Å². The Morgan fingerprint density at radius 1 is 1.36 bits per heavy atom. The molecule has 1 aromatic rings. The molecule has 0 aromatic heterocycles. The summed E-state index contributed by atoms with van der Waals surface area (Å²) in [5.74, 6) is 0.630. The van der Waals surface area contributed by atoms with Gasteiger partial charge in [-0.15, -0.1) is 0 Å². The van der Waals surface area contributed by atoms with E-state index in [1.807, 2.05) is 0 Å². The molecule has 74 valence electrons. The highest BCUT2D eigenvalue weighted by Crippen LogP contribution is 2.32. The first kappa shape index (κ1) is 9.06. The molecule has 1 saturated carbocycles. The summed E-state index contributed by atoms with van der Waals surface area (Å²) in [4.78, 5) is 13.3. The van der Waals surface area contributed by atoms with E-state index < -0.39 is 0 Å². The Hall–Kier alpha value is -1.51. The minimum absolute atomic E-state index is 0.177. The van der Waals surface area contributed by atoms with Crippen LogP contribution in [0, 0.1) is 5.92 Å². The second-order valence-electron chi connectivity index (χ2n) is 3.69. The molecule has 1 aliphatic rings. The molecule has 3 nitrogen and oxygen atoms in total. The first-order valence-corrected chi connectivity index (χ1v) is 4.75. The zero-order valence-corrected chi connectivity index (χ0v) is 8.10. The van der Waals surface area contributed by atoms with Gasteiger partial charge in [0.25, 0.3) is 0 Å². The third kappa shape index (κ3) is 1.71. The minimum Gasteiger partial charge on any atom is -0.508 e. The van der Waals surface area contributed by atoms with Crippen molar-refractivity contribution in [3.8, 4) is 5.75 Å². The maximum absolute atomic E-state index is 11.7. The smallest absolute Gasteiger partial charge is 0.229 e. The van der Waals surface area contributed by atoms with Crippen LogP contribution < -0.4 is 4.90 Å². The molecule has 1 N–H and O–H groups in total. The van der Waals surface area contributed by atoms with Crippen LogP contribution in [0.5, 0.6) is 5.75 Å². The predicted molar refractivity (Wildman–Crippen MR) is 54.2 cm³/mol. The predicted octanol–water partition coefficient (Wildman–Crippen LogP) is 1.76. The van der Waals surface area contributed by atoms with Crippen molar-refractivity contribution in [1.29, 1.82) is 0 Å². The molecular formula is C11H13NO2. The fourth-order valence-corrected chi connectivity index (χ4v) is 1.41. The van der Waals surface area contributed by atoms with E-state index in [2.05, 4.69) is 0 Å². The fraction of sp³-hybridized carbons (Fsp3) is 0.364. The van der Waals surface area contributed by atoms with Gasteiger partial charge in [0.05, 0.1) is 0 Å². The zero-order chi connectivity index (χ0) is 10.1. The summed E-state index contributed by atoms with van der Waals surface area (Å²) in [7, 11) is 1.77. The van der Waals surface area contributed by atoms with Gasteiger partial charge in [0.2, 0.25) is 5.91 Å². The Bertz CT molecular complexity index is 341. The summed E-state index contributed by atoms with van der Waals surface area (Å²) >= 11 is 0. The maximum Gasteiger partial charge on any atom is 0.229 e. The zero-order valence-electron chi connectivity index (χ0n) is 8.10. The highest BCUT2D eigenvalue weighted by molar-refractivity contribution is 5.95. The number of nitrogens with zero attached hydrogens (tertiary/aromatic N) is 1. The number of phenolic OH excluding ortho intramolecular Hbond substituents is 1. The van der Waals surface area contributed by atoms with E-state index in [0.29, 0.717) is 0 Å². The van der Waals surface area contributed by atoms with Crippen LogP contribution in [0.25, 0.3) is 0 Å². The average molecular weight is 191 g/mol. The Morgan fingerprint density at radius 2 is 1.93 bits per heavy atom. The van der Waals surface area contributed by atoms with E-state index in [4.69, 9.17) is 5.11 Å².